The highest BCUT2D eigenvalue weighted by Gasteiger charge is 2.15. The number of carbonyl (C=O) groups excluding carboxylic acids is 1. The van der Waals surface area contributed by atoms with E-state index in [1.54, 1.807) is 23.2 Å². The normalized spacial score (nSPS) is 14.0. The number of hydrogen-bond acceptors (Lipinski definition) is 10. The number of anilines is 2. The Hall–Kier alpha value is -3.35. The summed E-state index contributed by atoms with van der Waals surface area (Å²) in [5, 5.41) is 10.8. The topological polar surface area (TPSA) is 102 Å². The van der Waals surface area contributed by atoms with Crippen molar-refractivity contribution < 1.29 is 14.3 Å². The summed E-state index contributed by atoms with van der Waals surface area (Å²) in [4.78, 5) is 29.0. The first kappa shape index (κ1) is 26.9. The lowest BCUT2D eigenvalue weighted by Gasteiger charge is -2.26. The molecule has 6 rings (SSSR count). The molecule has 12 heteroatoms. The minimum Gasteiger partial charge on any atom is -0.486 e. The van der Waals surface area contributed by atoms with Crippen LogP contribution in [0.3, 0.4) is 0 Å². The van der Waals surface area contributed by atoms with Crippen LogP contribution in [-0.4, -0.2) is 65.2 Å². The van der Waals surface area contributed by atoms with E-state index in [4.69, 9.17) is 21.1 Å². The quantitative estimate of drug-likeness (QED) is 0.226. The molecule has 1 fully saturated rings. The first-order chi connectivity index (χ1) is 19.6. The third-order valence-electron chi connectivity index (χ3n) is 6.61. The maximum Gasteiger partial charge on any atom is 0.224 e. The molecular weight excluding hydrogens is 568 g/mol. The molecule has 1 saturated heterocycles. The number of ether oxygens (including phenoxy) is 2. The molecule has 1 amide bonds. The Morgan fingerprint density at radius 1 is 1.12 bits per heavy atom. The van der Waals surface area contributed by atoms with Gasteiger partial charge in [-0.05, 0) is 29.8 Å². The Kier molecular flexibility index (Phi) is 8.35. The molecule has 0 radical (unpaired) electrons. The summed E-state index contributed by atoms with van der Waals surface area (Å²) in [6, 6.07) is 11.7. The van der Waals surface area contributed by atoms with Gasteiger partial charge in [-0.3, -0.25) is 9.69 Å². The molecule has 3 aromatic heterocycles. The van der Waals surface area contributed by atoms with Crippen LogP contribution >= 0.6 is 34.3 Å². The van der Waals surface area contributed by atoms with E-state index >= 15 is 0 Å². The molecule has 4 heterocycles. The molecule has 5 aromatic rings. The van der Waals surface area contributed by atoms with E-state index in [2.05, 4.69) is 36.6 Å². The van der Waals surface area contributed by atoms with Gasteiger partial charge in [0.05, 0.1) is 41.2 Å². The van der Waals surface area contributed by atoms with Gasteiger partial charge < -0.3 is 20.1 Å². The summed E-state index contributed by atoms with van der Waals surface area (Å²) < 4.78 is 12.2. The molecule has 206 valence electrons. The van der Waals surface area contributed by atoms with Gasteiger partial charge in [-0.15, -0.1) is 22.7 Å². The van der Waals surface area contributed by atoms with Crippen molar-refractivity contribution in [3.63, 3.8) is 0 Å². The lowest BCUT2D eigenvalue weighted by atomic mass is 10.1. The van der Waals surface area contributed by atoms with Crippen LogP contribution in [0.1, 0.15) is 11.3 Å². The van der Waals surface area contributed by atoms with Crippen LogP contribution in [-0.2, 0) is 22.6 Å². The minimum atomic E-state index is 0.0201. The Balaban J connectivity index is 1.13. The Morgan fingerprint density at radius 3 is 2.85 bits per heavy atom. The van der Waals surface area contributed by atoms with Crippen molar-refractivity contribution in [3.05, 3.63) is 69.9 Å². The molecule has 9 nitrogen and oxygen atoms in total. The first-order valence-electron chi connectivity index (χ1n) is 12.9. The van der Waals surface area contributed by atoms with E-state index in [1.807, 2.05) is 35.7 Å². The van der Waals surface area contributed by atoms with Gasteiger partial charge in [-0.2, -0.15) is 0 Å². The van der Waals surface area contributed by atoms with Gasteiger partial charge in [0.2, 0.25) is 5.91 Å². The van der Waals surface area contributed by atoms with Gasteiger partial charge >= 0.3 is 0 Å². The van der Waals surface area contributed by atoms with Gasteiger partial charge in [0.1, 0.15) is 29.3 Å². The number of hydrogen-bond donors (Lipinski definition) is 2. The maximum atomic E-state index is 12.6. The number of amides is 1. The largest absolute Gasteiger partial charge is 0.486 e. The number of morpholine rings is 1. The van der Waals surface area contributed by atoms with Gasteiger partial charge in [0.25, 0.3) is 0 Å². The molecule has 40 heavy (non-hydrogen) atoms. The van der Waals surface area contributed by atoms with Crippen LogP contribution < -0.4 is 15.4 Å². The highest BCUT2D eigenvalue weighted by atomic mass is 35.5. The maximum absolute atomic E-state index is 12.6. The molecule has 1 aliphatic heterocycles. The fraction of sp³-hybridized carbons (Fsp3) is 0.286. The van der Waals surface area contributed by atoms with Gasteiger partial charge in [-0.1, -0.05) is 23.7 Å². The van der Waals surface area contributed by atoms with Gasteiger partial charge in [-0.25, -0.2) is 15.0 Å². The summed E-state index contributed by atoms with van der Waals surface area (Å²) >= 11 is 9.61. The molecule has 0 spiro atoms. The van der Waals surface area contributed by atoms with E-state index in [0.29, 0.717) is 36.2 Å². The Bertz CT molecular complexity index is 1620. The van der Waals surface area contributed by atoms with Crippen LogP contribution in [0, 0.1) is 0 Å². The fourth-order valence-corrected chi connectivity index (χ4v) is 6.46. The van der Waals surface area contributed by atoms with Crippen molar-refractivity contribution in [1.29, 1.82) is 0 Å². The number of benzene rings is 2. The van der Waals surface area contributed by atoms with E-state index in [-0.39, 0.29) is 5.91 Å². The molecule has 0 unspecified atom stereocenters. The molecule has 0 bridgehead atoms. The fourth-order valence-electron chi connectivity index (χ4n) is 4.58. The second-order valence-corrected chi connectivity index (χ2v) is 11.5. The summed E-state index contributed by atoms with van der Waals surface area (Å²) in [7, 11) is 0. The predicted molar refractivity (Wildman–Crippen MR) is 160 cm³/mol. The average molecular weight is 595 g/mol. The summed E-state index contributed by atoms with van der Waals surface area (Å²) in [6.07, 6.45) is 1.88. The van der Waals surface area contributed by atoms with Crippen molar-refractivity contribution in [1.82, 2.24) is 25.2 Å². The number of carbonyl (C=O) groups is 1. The van der Waals surface area contributed by atoms with Crippen molar-refractivity contribution in [2.24, 2.45) is 0 Å². The number of aromatic nitrogens is 3. The first-order valence-corrected chi connectivity index (χ1v) is 15.1. The highest BCUT2D eigenvalue weighted by Crippen LogP contribution is 2.38. The standard InChI is InChI=1S/C28H27ClN6O3S2/c29-22-13-19(2-4-23(22)38-14-20-15-39-17-33-20)34-27-26-21-3-1-18(11-24(21)40-28(26)32-16-31-27)12-25(36)30-5-6-35-7-9-37-10-8-35/h1-4,11,13,15-17H,5-10,12,14H2,(H,30,36)(H,31,32,34). The zero-order valence-corrected chi connectivity index (χ0v) is 23.9. The minimum absolute atomic E-state index is 0.0201. The number of rotatable bonds is 10. The average Bonchev–Trinajstić information content (AvgIpc) is 3.61. The number of thiazole rings is 1. The summed E-state index contributed by atoms with van der Waals surface area (Å²) in [6.45, 7) is 5.19. The predicted octanol–water partition coefficient (Wildman–Crippen LogP) is 5.27. The monoisotopic (exact) mass is 594 g/mol. The third kappa shape index (κ3) is 6.34. The number of thiophene rings is 1. The second-order valence-electron chi connectivity index (χ2n) is 9.35. The van der Waals surface area contributed by atoms with Crippen LogP contribution in [0.25, 0.3) is 20.3 Å². The lowest BCUT2D eigenvalue weighted by Crippen LogP contribution is -2.41. The molecule has 0 saturated carbocycles. The SMILES string of the molecule is O=C(Cc1ccc2c(c1)sc1ncnc(Nc3ccc(OCc4cscn4)c(Cl)c3)c12)NCCN1CCOCC1. The van der Waals surface area contributed by atoms with E-state index in [0.717, 1.165) is 70.1 Å². The van der Waals surface area contributed by atoms with Crippen molar-refractivity contribution in [2.45, 2.75) is 13.0 Å². The molecular formula is C28H27ClN6O3S2. The number of nitrogens with one attached hydrogen (secondary N) is 2. The molecule has 2 N–H and O–H groups in total. The number of halogens is 1. The molecule has 0 atom stereocenters. The van der Waals surface area contributed by atoms with Crippen molar-refractivity contribution >= 4 is 72.0 Å². The van der Waals surface area contributed by atoms with Crippen molar-refractivity contribution in [3.8, 4) is 5.75 Å². The van der Waals surface area contributed by atoms with E-state index in [9.17, 15) is 4.79 Å². The Morgan fingerprint density at radius 2 is 2.02 bits per heavy atom. The number of nitrogens with zero attached hydrogens (tertiary/aromatic N) is 4. The summed E-state index contributed by atoms with van der Waals surface area (Å²) in [5.41, 5.74) is 4.39. The third-order valence-corrected chi connectivity index (χ3v) is 8.60. The molecule has 0 aliphatic carbocycles. The lowest BCUT2D eigenvalue weighted by molar-refractivity contribution is -0.120. The second kappa shape index (κ2) is 12.4. The van der Waals surface area contributed by atoms with Gasteiger partial charge in [0.15, 0.2) is 0 Å². The van der Waals surface area contributed by atoms with Crippen LogP contribution in [0.4, 0.5) is 11.5 Å². The number of fused-ring (bicyclic) bond motifs is 3. The van der Waals surface area contributed by atoms with Gasteiger partial charge in [0, 0.05) is 47.3 Å². The van der Waals surface area contributed by atoms with Crippen LogP contribution in [0.5, 0.6) is 5.75 Å². The molecule has 1 aliphatic rings. The highest BCUT2D eigenvalue weighted by molar-refractivity contribution is 7.25. The van der Waals surface area contributed by atoms with Crippen LogP contribution in [0.15, 0.2) is 53.6 Å². The van der Waals surface area contributed by atoms with E-state index < -0.39 is 0 Å². The Labute approximate surface area is 244 Å². The van der Waals surface area contributed by atoms with Crippen molar-refractivity contribution in [2.75, 3.05) is 44.7 Å². The molecule has 2 aromatic carbocycles. The zero-order valence-electron chi connectivity index (χ0n) is 21.6. The van der Waals surface area contributed by atoms with Crippen LogP contribution in [0.2, 0.25) is 5.02 Å². The van der Waals surface area contributed by atoms with E-state index in [1.165, 1.54) is 11.3 Å². The smallest absolute Gasteiger partial charge is 0.224 e. The zero-order chi connectivity index (χ0) is 27.3. The summed E-state index contributed by atoms with van der Waals surface area (Å²) in [5.74, 6) is 1.30.